The number of allylic oxidation sites excluding steroid dienone is 4. The Kier molecular flexibility index (Phi) is 4.55. The third-order valence-corrected chi connectivity index (χ3v) is 1.82. The van der Waals surface area contributed by atoms with Gasteiger partial charge in [0.2, 0.25) is 0 Å². The van der Waals surface area contributed by atoms with Crippen LogP contribution in [0.15, 0.2) is 41.6 Å². The van der Waals surface area contributed by atoms with Gasteiger partial charge < -0.3 is 0 Å². The first-order valence-electron chi connectivity index (χ1n) is 4.83. The molecule has 0 spiro atoms. The molecule has 1 heteroatoms. The molecule has 0 amide bonds. The Balaban J connectivity index is 4.96. The number of hydrogen-bond donors (Lipinski definition) is 0. The molecule has 78 valence electrons. The van der Waals surface area contributed by atoms with Gasteiger partial charge in [-0.3, -0.25) is 4.99 Å². The van der Waals surface area contributed by atoms with E-state index < -0.39 is 0 Å². The monoisotopic (exact) mass is 191 g/mol. The summed E-state index contributed by atoms with van der Waals surface area (Å²) in [4.78, 5) is 4.28. The van der Waals surface area contributed by atoms with Gasteiger partial charge in [-0.15, -0.1) is 0 Å². The molecule has 0 aliphatic carbocycles. The zero-order chi connectivity index (χ0) is 11.4. The van der Waals surface area contributed by atoms with Gasteiger partial charge >= 0.3 is 0 Å². The molecule has 0 aliphatic rings. The minimum Gasteiger partial charge on any atom is -0.259 e. The van der Waals surface area contributed by atoms with Gasteiger partial charge in [0.25, 0.3) is 0 Å². The topological polar surface area (TPSA) is 12.4 Å². The van der Waals surface area contributed by atoms with Gasteiger partial charge in [-0.05, 0) is 30.9 Å². The van der Waals surface area contributed by atoms with E-state index in [1.54, 1.807) is 0 Å². The highest BCUT2D eigenvalue weighted by atomic mass is 14.7. The second-order valence-corrected chi connectivity index (χ2v) is 4.54. The molecule has 0 heterocycles. The number of hydrogen-bond acceptors (Lipinski definition) is 1. The average molecular weight is 191 g/mol. The summed E-state index contributed by atoms with van der Waals surface area (Å²) >= 11 is 0. The van der Waals surface area contributed by atoms with Crippen LogP contribution < -0.4 is 0 Å². The smallest absolute Gasteiger partial charge is 0.0378 e. The maximum Gasteiger partial charge on any atom is 0.0378 e. The van der Waals surface area contributed by atoms with Gasteiger partial charge in [0.05, 0.1) is 0 Å². The fraction of sp³-hybridized carbons (Fsp3) is 0.462. The van der Waals surface area contributed by atoms with Crippen molar-refractivity contribution in [3.63, 3.8) is 0 Å². The van der Waals surface area contributed by atoms with Crippen molar-refractivity contribution in [2.45, 2.75) is 34.6 Å². The Labute approximate surface area is 87.9 Å². The van der Waals surface area contributed by atoms with Crippen LogP contribution >= 0.6 is 0 Å². The Morgan fingerprint density at radius 2 is 1.71 bits per heavy atom. The van der Waals surface area contributed by atoms with Gasteiger partial charge in [-0.2, -0.15) is 0 Å². The van der Waals surface area contributed by atoms with Gasteiger partial charge in [-0.25, -0.2) is 0 Å². The second kappa shape index (κ2) is 4.94. The van der Waals surface area contributed by atoms with Crippen molar-refractivity contribution in [2.75, 3.05) is 0 Å². The van der Waals surface area contributed by atoms with Crippen LogP contribution in [0.2, 0.25) is 0 Å². The Morgan fingerprint density at radius 3 is 2.00 bits per heavy atom. The molecular weight excluding hydrogens is 170 g/mol. The van der Waals surface area contributed by atoms with Crippen molar-refractivity contribution < 1.29 is 0 Å². The molecule has 0 saturated carbocycles. The van der Waals surface area contributed by atoms with E-state index in [1.807, 2.05) is 19.9 Å². The van der Waals surface area contributed by atoms with Gasteiger partial charge in [0.15, 0.2) is 0 Å². The fourth-order valence-corrected chi connectivity index (χ4v) is 1.14. The minimum atomic E-state index is 0.119. The first kappa shape index (κ1) is 12.9. The summed E-state index contributed by atoms with van der Waals surface area (Å²) < 4.78 is 0. The van der Waals surface area contributed by atoms with Gasteiger partial charge in [-0.1, -0.05) is 40.0 Å². The average Bonchev–Trinajstić information content (AvgIpc) is 1.96. The molecule has 0 fully saturated rings. The van der Waals surface area contributed by atoms with Crippen LogP contribution in [0, 0.1) is 5.41 Å². The molecule has 14 heavy (non-hydrogen) atoms. The Hall–Kier alpha value is -1.11. The summed E-state index contributed by atoms with van der Waals surface area (Å²) in [5.74, 6) is 0. The molecular formula is C13H21N. The second-order valence-electron chi connectivity index (χ2n) is 4.54. The predicted octanol–water partition coefficient (Wildman–Crippen LogP) is 4.14. The van der Waals surface area contributed by atoms with E-state index in [0.29, 0.717) is 0 Å². The highest BCUT2D eigenvalue weighted by Gasteiger charge is 2.13. The number of nitrogens with zero attached hydrogens (tertiary/aromatic N) is 1. The zero-order valence-corrected chi connectivity index (χ0v) is 10.0. The van der Waals surface area contributed by atoms with E-state index in [0.717, 1.165) is 11.4 Å². The predicted molar refractivity (Wildman–Crippen MR) is 65.7 cm³/mol. The molecule has 0 aromatic rings. The molecule has 0 aromatic heterocycles. The standard InChI is InChI=1S/C13H21N/c1-8-12(13(5,6)7)9-11(4)14-10(2)3/h8-9H,1-2H2,3-7H3/b12-9+,14-11-. The largest absolute Gasteiger partial charge is 0.259 e. The number of aliphatic imine (C=N–C) groups is 1. The van der Waals surface area contributed by atoms with Crippen molar-refractivity contribution in [2.24, 2.45) is 10.4 Å². The number of rotatable bonds is 3. The molecule has 0 bridgehead atoms. The summed E-state index contributed by atoms with van der Waals surface area (Å²) in [5, 5.41) is 0. The van der Waals surface area contributed by atoms with Gasteiger partial charge in [0, 0.05) is 11.4 Å². The molecule has 0 radical (unpaired) electrons. The highest BCUT2D eigenvalue weighted by Crippen LogP contribution is 2.25. The third-order valence-electron chi connectivity index (χ3n) is 1.82. The normalized spacial score (nSPS) is 14.1. The first-order valence-corrected chi connectivity index (χ1v) is 4.83. The SMILES string of the molecule is C=C/C(=C\C(C)=N/C(=C)C)C(C)(C)C. The van der Waals surface area contributed by atoms with E-state index in [9.17, 15) is 0 Å². The lowest BCUT2D eigenvalue weighted by molar-refractivity contribution is 0.518. The maximum atomic E-state index is 4.28. The van der Waals surface area contributed by atoms with Crippen molar-refractivity contribution in [1.82, 2.24) is 0 Å². The van der Waals surface area contributed by atoms with Crippen LogP contribution in [0.25, 0.3) is 0 Å². The minimum absolute atomic E-state index is 0.119. The lowest BCUT2D eigenvalue weighted by Crippen LogP contribution is -2.08. The lowest BCUT2D eigenvalue weighted by Gasteiger charge is -2.20. The van der Waals surface area contributed by atoms with Crippen LogP contribution in [0.5, 0.6) is 0 Å². The highest BCUT2D eigenvalue weighted by molar-refractivity contribution is 5.94. The Morgan fingerprint density at radius 1 is 1.21 bits per heavy atom. The molecule has 0 aliphatic heterocycles. The van der Waals surface area contributed by atoms with Crippen molar-refractivity contribution >= 4 is 5.71 Å². The van der Waals surface area contributed by atoms with Crippen molar-refractivity contribution in [3.05, 3.63) is 36.6 Å². The van der Waals surface area contributed by atoms with Crippen molar-refractivity contribution in [3.8, 4) is 0 Å². The van der Waals surface area contributed by atoms with E-state index in [1.165, 1.54) is 5.57 Å². The van der Waals surface area contributed by atoms with Crippen LogP contribution in [0.4, 0.5) is 0 Å². The van der Waals surface area contributed by atoms with E-state index in [2.05, 4.69) is 45.0 Å². The van der Waals surface area contributed by atoms with Crippen LogP contribution in [0.1, 0.15) is 34.6 Å². The molecule has 1 nitrogen and oxygen atoms in total. The molecule has 0 saturated heterocycles. The summed E-state index contributed by atoms with van der Waals surface area (Å²) in [6.45, 7) is 17.9. The molecule has 0 rings (SSSR count). The summed E-state index contributed by atoms with van der Waals surface area (Å²) in [5.41, 5.74) is 3.12. The van der Waals surface area contributed by atoms with Crippen LogP contribution in [-0.2, 0) is 0 Å². The first-order chi connectivity index (χ1) is 6.27. The zero-order valence-electron chi connectivity index (χ0n) is 10.0. The molecule has 0 aromatic carbocycles. The third kappa shape index (κ3) is 4.80. The summed E-state index contributed by atoms with van der Waals surface area (Å²) in [7, 11) is 0. The quantitative estimate of drug-likeness (QED) is 0.469. The van der Waals surface area contributed by atoms with E-state index >= 15 is 0 Å². The van der Waals surface area contributed by atoms with E-state index in [4.69, 9.17) is 0 Å². The molecule has 0 N–H and O–H groups in total. The molecule has 0 atom stereocenters. The van der Waals surface area contributed by atoms with Crippen molar-refractivity contribution in [1.29, 1.82) is 0 Å². The van der Waals surface area contributed by atoms with Crippen LogP contribution in [0.3, 0.4) is 0 Å². The maximum absolute atomic E-state index is 4.28. The lowest BCUT2D eigenvalue weighted by atomic mass is 9.86. The summed E-state index contributed by atoms with van der Waals surface area (Å²) in [6.07, 6.45) is 3.94. The Bertz CT molecular complexity index is 285. The summed E-state index contributed by atoms with van der Waals surface area (Å²) in [6, 6.07) is 0. The molecule has 0 unspecified atom stereocenters. The van der Waals surface area contributed by atoms with E-state index in [-0.39, 0.29) is 5.41 Å². The van der Waals surface area contributed by atoms with Crippen LogP contribution in [-0.4, -0.2) is 5.71 Å². The fourth-order valence-electron chi connectivity index (χ4n) is 1.14. The van der Waals surface area contributed by atoms with Gasteiger partial charge in [0.1, 0.15) is 0 Å².